The van der Waals surface area contributed by atoms with Crippen LogP contribution in [0.25, 0.3) is 11.4 Å². The first-order valence-electron chi connectivity index (χ1n) is 9.73. The smallest absolute Gasteiger partial charge is 0.248 e. The summed E-state index contributed by atoms with van der Waals surface area (Å²) in [6.07, 6.45) is -0.800. The number of benzene rings is 2. The van der Waals surface area contributed by atoms with Crippen LogP contribution in [-0.4, -0.2) is 43.9 Å². The number of hydrogen-bond acceptors (Lipinski definition) is 6. The molecule has 158 valence electrons. The molecular weight excluding hydrogens is 382 g/mol. The van der Waals surface area contributed by atoms with Crippen LogP contribution < -0.4 is 10.5 Å². The molecule has 1 atom stereocenters. The lowest BCUT2D eigenvalue weighted by atomic mass is 9.86. The minimum absolute atomic E-state index is 0.0689. The normalized spacial score (nSPS) is 12.6. The van der Waals surface area contributed by atoms with E-state index in [1.165, 1.54) is 10.4 Å². The summed E-state index contributed by atoms with van der Waals surface area (Å²) in [6, 6.07) is 12.7. The number of aromatic nitrogens is 4. The average molecular weight is 409 g/mol. The first-order chi connectivity index (χ1) is 14.1. The summed E-state index contributed by atoms with van der Waals surface area (Å²) in [5.74, 6) is 0.640. The molecule has 0 aliphatic rings. The number of tetrazole rings is 1. The topological polar surface area (TPSA) is 116 Å². The molecule has 0 bridgehead atoms. The molecule has 1 amide bonds. The van der Waals surface area contributed by atoms with Crippen molar-refractivity contribution >= 4 is 5.91 Å². The Bertz CT molecular complexity index is 1020. The van der Waals surface area contributed by atoms with Crippen LogP contribution >= 0.6 is 0 Å². The number of aliphatic hydroxyl groups excluding tert-OH is 1. The van der Waals surface area contributed by atoms with E-state index in [9.17, 15) is 9.90 Å². The van der Waals surface area contributed by atoms with Gasteiger partial charge in [-0.3, -0.25) is 4.79 Å². The highest BCUT2D eigenvalue weighted by atomic mass is 16.5. The van der Waals surface area contributed by atoms with Gasteiger partial charge in [-0.15, -0.1) is 10.2 Å². The standard InChI is InChI=1S/C22H27N5O3/c1-14-11-17(22(2,3)4)9-10-19(14)30-13-18(28)12-27-25-21(24-26-27)16-7-5-15(6-8-16)20(23)29/h5-11,18,28H,12-13H2,1-4H3,(H2,23,29). The highest BCUT2D eigenvalue weighted by Crippen LogP contribution is 2.27. The van der Waals surface area contributed by atoms with Crippen molar-refractivity contribution in [2.24, 2.45) is 5.73 Å². The van der Waals surface area contributed by atoms with E-state index in [1.807, 2.05) is 19.1 Å². The Balaban J connectivity index is 1.58. The van der Waals surface area contributed by atoms with E-state index >= 15 is 0 Å². The van der Waals surface area contributed by atoms with Crippen LogP contribution in [0.4, 0.5) is 0 Å². The van der Waals surface area contributed by atoms with E-state index in [-0.39, 0.29) is 18.6 Å². The van der Waals surface area contributed by atoms with Crippen molar-refractivity contribution in [3.05, 3.63) is 59.2 Å². The largest absolute Gasteiger partial charge is 0.491 e. The first kappa shape index (κ1) is 21.4. The number of nitrogens with zero attached hydrogens (tertiary/aromatic N) is 4. The van der Waals surface area contributed by atoms with E-state index in [0.717, 1.165) is 11.3 Å². The predicted octanol–water partition coefficient (Wildman–Crippen LogP) is 2.48. The highest BCUT2D eigenvalue weighted by molar-refractivity contribution is 5.93. The molecule has 8 heteroatoms. The van der Waals surface area contributed by atoms with E-state index < -0.39 is 12.0 Å². The van der Waals surface area contributed by atoms with Crippen molar-refractivity contribution in [2.75, 3.05) is 6.61 Å². The van der Waals surface area contributed by atoms with Gasteiger partial charge < -0.3 is 15.6 Å². The van der Waals surface area contributed by atoms with Gasteiger partial charge in [0.15, 0.2) is 0 Å². The number of primary amides is 1. The van der Waals surface area contributed by atoms with Crippen LogP contribution in [0, 0.1) is 6.92 Å². The molecule has 3 N–H and O–H groups in total. The van der Waals surface area contributed by atoms with Crippen LogP contribution in [0.5, 0.6) is 5.75 Å². The summed E-state index contributed by atoms with van der Waals surface area (Å²) in [5.41, 5.74) is 8.67. The predicted molar refractivity (Wildman–Crippen MR) is 113 cm³/mol. The molecule has 0 aliphatic heterocycles. The molecule has 1 unspecified atom stereocenters. The third kappa shape index (κ3) is 5.21. The third-order valence-corrected chi connectivity index (χ3v) is 4.73. The molecule has 1 heterocycles. The number of aliphatic hydroxyl groups is 1. The first-order valence-corrected chi connectivity index (χ1v) is 9.73. The number of aryl methyl sites for hydroxylation is 1. The van der Waals surface area contributed by atoms with E-state index in [1.54, 1.807) is 24.3 Å². The molecule has 0 saturated heterocycles. The molecule has 30 heavy (non-hydrogen) atoms. The van der Waals surface area contributed by atoms with Gasteiger partial charge in [0.25, 0.3) is 0 Å². The lowest BCUT2D eigenvalue weighted by Gasteiger charge is -2.21. The fourth-order valence-corrected chi connectivity index (χ4v) is 2.92. The van der Waals surface area contributed by atoms with Gasteiger partial charge in [0, 0.05) is 11.1 Å². The second-order valence-corrected chi connectivity index (χ2v) is 8.30. The van der Waals surface area contributed by atoms with Gasteiger partial charge in [-0.2, -0.15) is 4.80 Å². The molecule has 3 rings (SSSR count). The number of amides is 1. The summed E-state index contributed by atoms with van der Waals surface area (Å²) < 4.78 is 5.78. The summed E-state index contributed by atoms with van der Waals surface area (Å²) in [7, 11) is 0. The zero-order valence-corrected chi connectivity index (χ0v) is 17.7. The molecule has 0 aliphatic carbocycles. The van der Waals surface area contributed by atoms with Crippen LogP contribution in [0.1, 0.15) is 42.3 Å². The van der Waals surface area contributed by atoms with Gasteiger partial charge in [-0.25, -0.2) is 0 Å². The number of nitrogens with two attached hydrogens (primary N) is 1. The zero-order valence-electron chi connectivity index (χ0n) is 17.7. The fraction of sp³-hybridized carbons (Fsp3) is 0.364. The summed E-state index contributed by atoms with van der Waals surface area (Å²) in [5, 5.41) is 22.5. The Kier molecular flexibility index (Phi) is 6.17. The molecule has 0 saturated carbocycles. The Morgan fingerprint density at radius 1 is 1.20 bits per heavy atom. The highest BCUT2D eigenvalue weighted by Gasteiger charge is 2.16. The molecular formula is C22H27N5O3. The van der Waals surface area contributed by atoms with Crippen molar-refractivity contribution in [3.63, 3.8) is 0 Å². The van der Waals surface area contributed by atoms with Gasteiger partial charge in [0.2, 0.25) is 11.7 Å². The maximum Gasteiger partial charge on any atom is 0.248 e. The summed E-state index contributed by atoms with van der Waals surface area (Å²) >= 11 is 0. The molecule has 0 spiro atoms. The fourth-order valence-electron chi connectivity index (χ4n) is 2.92. The summed E-state index contributed by atoms with van der Waals surface area (Å²) in [4.78, 5) is 12.5. The van der Waals surface area contributed by atoms with E-state index in [4.69, 9.17) is 10.5 Å². The second kappa shape index (κ2) is 8.62. The van der Waals surface area contributed by atoms with Gasteiger partial charge in [-0.05, 0) is 46.9 Å². The molecule has 0 fully saturated rings. The number of ether oxygens (including phenoxy) is 1. The van der Waals surface area contributed by atoms with Gasteiger partial charge in [0.05, 0.1) is 6.54 Å². The lowest BCUT2D eigenvalue weighted by molar-refractivity contribution is 0.0846. The van der Waals surface area contributed by atoms with Crippen molar-refractivity contribution in [2.45, 2.75) is 45.8 Å². The lowest BCUT2D eigenvalue weighted by Crippen LogP contribution is -2.25. The SMILES string of the molecule is Cc1cc(C(C)(C)C)ccc1OCC(O)Cn1nnc(-c2ccc(C(N)=O)cc2)n1. The van der Waals surface area contributed by atoms with Crippen molar-refractivity contribution < 1.29 is 14.6 Å². The van der Waals surface area contributed by atoms with Crippen LogP contribution in [0.3, 0.4) is 0 Å². The molecule has 1 aromatic heterocycles. The average Bonchev–Trinajstić information content (AvgIpc) is 3.14. The molecule has 2 aromatic carbocycles. The second-order valence-electron chi connectivity index (χ2n) is 8.30. The third-order valence-electron chi connectivity index (χ3n) is 4.73. The van der Waals surface area contributed by atoms with Crippen molar-refractivity contribution in [1.29, 1.82) is 0 Å². The van der Waals surface area contributed by atoms with Crippen LogP contribution in [0.2, 0.25) is 0 Å². The van der Waals surface area contributed by atoms with E-state index in [0.29, 0.717) is 17.0 Å². The molecule has 8 nitrogen and oxygen atoms in total. The molecule has 0 radical (unpaired) electrons. The number of carbonyl (C=O) groups excluding carboxylic acids is 1. The quantitative estimate of drug-likeness (QED) is 0.619. The van der Waals surface area contributed by atoms with Crippen molar-refractivity contribution in [3.8, 4) is 17.1 Å². The van der Waals surface area contributed by atoms with Crippen LogP contribution in [-0.2, 0) is 12.0 Å². The Labute approximate surface area is 175 Å². The zero-order chi connectivity index (χ0) is 21.9. The number of rotatable bonds is 7. The number of hydrogen-bond donors (Lipinski definition) is 2. The molecule has 3 aromatic rings. The van der Waals surface area contributed by atoms with E-state index in [2.05, 4.69) is 42.2 Å². The Morgan fingerprint density at radius 3 is 2.50 bits per heavy atom. The Hall–Kier alpha value is -3.26. The van der Waals surface area contributed by atoms with Crippen LogP contribution in [0.15, 0.2) is 42.5 Å². The van der Waals surface area contributed by atoms with Gasteiger partial charge in [-0.1, -0.05) is 45.0 Å². The summed E-state index contributed by atoms with van der Waals surface area (Å²) in [6.45, 7) is 8.74. The number of carbonyl (C=O) groups is 1. The van der Waals surface area contributed by atoms with Gasteiger partial charge in [0.1, 0.15) is 18.5 Å². The van der Waals surface area contributed by atoms with Gasteiger partial charge >= 0.3 is 0 Å². The Morgan fingerprint density at radius 2 is 1.90 bits per heavy atom. The maximum absolute atomic E-state index is 11.2. The maximum atomic E-state index is 11.2. The minimum Gasteiger partial charge on any atom is -0.491 e. The monoisotopic (exact) mass is 409 g/mol. The van der Waals surface area contributed by atoms with Crippen molar-refractivity contribution in [1.82, 2.24) is 20.2 Å². The minimum atomic E-state index is -0.800.